The van der Waals surface area contributed by atoms with E-state index in [-0.39, 0.29) is 18.3 Å². The molecule has 0 bridgehead atoms. The van der Waals surface area contributed by atoms with Crippen LogP contribution in [0.3, 0.4) is 0 Å². The van der Waals surface area contributed by atoms with Crippen LogP contribution in [0.1, 0.15) is 5.56 Å². The lowest BCUT2D eigenvalue weighted by atomic mass is 10.2. The fourth-order valence-corrected chi connectivity index (χ4v) is 2.00. The molecule has 0 atom stereocenters. The van der Waals surface area contributed by atoms with Crippen LogP contribution in [0, 0.1) is 10.1 Å². The Morgan fingerprint density at radius 3 is 2.62 bits per heavy atom. The van der Waals surface area contributed by atoms with Gasteiger partial charge in [-0.05, 0) is 18.2 Å². The SMILES string of the molecule is O=[N+]([O-])c1ccc(-c2nn(-c3ccccc3)cc2CO)o1. The summed E-state index contributed by atoms with van der Waals surface area (Å²) < 4.78 is 6.73. The quantitative estimate of drug-likeness (QED) is 0.587. The topological polar surface area (TPSA) is 94.3 Å². The van der Waals surface area contributed by atoms with Gasteiger partial charge in [-0.15, -0.1) is 0 Å². The summed E-state index contributed by atoms with van der Waals surface area (Å²) in [6.45, 7) is -0.239. The van der Waals surface area contributed by atoms with Crippen molar-refractivity contribution < 1.29 is 14.4 Å². The summed E-state index contributed by atoms with van der Waals surface area (Å²) >= 11 is 0. The van der Waals surface area contributed by atoms with Crippen molar-refractivity contribution in [1.29, 1.82) is 0 Å². The lowest BCUT2D eigenvalue weighted by Gasteiger charge is -1.98. The molecular formula is C14H11N3O4. The van der Waals surface area contributed by atoms with Gasteiger partial charge in [0.15, 0.2) is 5.76 Å². The number of aliphatic hydroxyl groups is 1. The molecule has 7 nitrogen and oxygen atoms in total. The van der Waals surface area contributed by atoms with Crippen LogP contribution in [0.15, 0.2) is 53.1 Å². The number of furan rings is 1. The minimum Gasteiger partial charge on any atom is -0.399 e. The third kappa shape index (κ3) is 2.41. The first-order valence-electron chi connectivity index (χ1n) is 6.18. The highest BCUT2D eigenvalue weighted by atomic mass is 16.6. The maximum atomic E-state index is 10.7. The van der Waals surface area contributed by atoms with Gasteiger partial charge < -0.3 is 9.52 Å². The minimum absolute atomic E-state index is 0.239. The molecule has 106 valence electrons. The van der Waals surface area contributed by atoms with Gasteiger partial charge in [0, 0.05) is 11.8 Å². The second-order valence-electron chi connectivity index (χ2n) is 4.34. The highest BCUT2D eigenvalue weighted by Crippen LogP contribution is 2.28. The van der Waals surface area contributed by atoms with Gasteiger partial charge in [-0.2, -0.15) is 5.10 Å². The van der Waals surface area contributed by atoms with Crippen LogP contribution in [-0.4, -0.2) is 19.8 Å². The number of hydrogen-bond donors (Lipinski definition) is 1. The minimum atomic E-state index is -0.615. The Hall–Kier alpha value is -2.93. The van der Waals surface area contributed by atoms with Crippen LogP contribution < -0.4 is 0 Å². The smallest absolute Gasteiger partial charge is 0.399 e. The van der Waals surface area contributed by atoms with Gasteiger partial charge >= 0.3 is 5.88 Å². The van der Waals surface area contributed by atoms with Crippen LogP contribution >= 0.6 is 0 Å². The first-order valence-corrected chi connectivity index (χ1v) is 6.18. The highest BCUT2D eigenvalue weighted by molar-refractivity contribution is 5.58. The summed E-state index contributed by atoms with van der Waals surface area (Å²) in [5, 5.41) is 24.4. The van der Waals surface area contributed by atoms with E-state index in [0.717, 1.165) is 5.69 Å². The van der Waals surface area contributed by atoms with Crippen LogP contribution in [0.25, 0.3) is 17.1 Å². The van der Waals surface area contributed by atoms with Crippen LogP contribution in [0.5, 0.6) is 0 Å². The molecule has 0 radical (unpaired) electrons. The Labute approximate surface area is 119 Å². The molecule has 0 aliphatic rings. The Bertz CT molecular complexity index is 777. The van der Waals surface area contributed by atoms with Crippen LogP contribution in [0.4, 0.5) is 5.88 Å². The molecule has 3 aromatic rings. The number of aliphatic hydroxyl groups excluding tert-OH is 1. The molecule has 1 aromatic carbocycles. The predicted octanol–water partition coefficient (Wildman–Crippen LogP) is 2.53. The lowest BCUT2D eigenvalue weighted by molar-refractivity contribution is -0.401. The molecular weight excluding hydrogens is 274 g/mol. The van der Waals surface area contributed by atoms with Crippen molar-refractivity contribution in [3.05, 3.63) is 64.3 Å². The van der Waals surface area contributed by atoms with E-state index < -0.39 is 4.92 Å². The summed E-state index contributed by atoms with van der Waals surface area (Å²) in [6, 6.07) is 12.1. The van der Waals surface area contributed by atoms with Crippen molar-refractivity contribution in [2.45, 2.75) is 6.61 Å². The molecule has 3 rings (SSSR count). The van der Waals surface area contributed by atoms with Gasteiger partial charge in [0.2, 0.25) is 0 Å². The van der Waals surface area contributed by atoms with Crippen molar-refractivity contribution in [3.8, 4) is 17.1 Å². The molecule has 0 unspecified atom stereocenters. The zero-order valence-corrected chi connectivity index (χ0v) is 10.8. The Morgan fingerprint density at radius 1 is 1.24 bits per heavy atom. The average molecular weight is 285 g/mol. The molecule has 0 spiro atoms. The summed E-state index contributed by atoms with van der Waals surface area (Å²) in [5.74, 6) is -0.108. The fraction of sp³-hybridized carbons (Fsp3) is 0.0714. The molecule has 7 heteroatoms. The first kappa shape index (κ1) is 13.1. The van der Waals surface area contributed by atoms with Gasteiger partial charge in [-0.25, -0.2) is 4.68 Å². The number of nitrogens with zero attached hydrogens (tertiary/aromatic N) is 3. The van der Waals surface area contributed by atoms with E-state index in [1.165, 1.54) is 12.1 Å². The van der Waals surface area contributed by atoms with E-state index in [0.29, 0.717) is 11.3 Å². The Balaban J connectivity index is 2.05. The molecule has 0 saturated heterocycles. The van der Waals surface area contributed by atoms with Crippen LogP contribution in [-0.2, 0) is 6.61 Å². The summed E-state index contributed by atoms with van der Waals surface area (Å²) in [5.41, 5.74) is 1.73. The second kappa shape index (κ2) is 5.22. The normalized spacial score (nSPS) is 10.7. The zero-order valence-electron chi connectivity index (χ0n) is 10.8. The number of nitro groups is 1. The maximum Gasteiger partial charge on any atom is 0.433 e. The van der Waals surface area contributed by atoms with Crippen LogP contribution in [0.2, 0.25) is 0 Å². The van der Waals surface area contributed by atoms with E-state index in [2.05, 4.69) is 5.10 Å². The van der Waals surface area contributed by atoms with Gasteiger partial charge in [0.25, 0.3) is 0 Å². The lowest BCUT2D eigenvalue weighted by Crippen LogP contribution is -1.93. The van der Waals surface area contributed by atoms with Gasteiger partial charge in [-0.1, -0.05) is 18.2 Å². The van der Waals surface area contributed by atoms with E-state index in [9.17, 15) is 15.2 Å². The molecule has 0 amide bonds. The maximum absolute atomic E-state index is 10.7. The highest BCUT2D eigenvalue weighted by Gasteiger charge is 2.18. The molecule has 0 aliphatic carbocycles. The van der Waals surface area contributed by atoms with Gasteiger partial charge in [0.05, 0.1) is 18.4 Å². The molecule has 0 aliphatic heterocycles. The van der Waals surface area contributed by atoms with Crippen molar-refractivity contribution >= 4 is 5.88 Å². The monoisotopic (exact) mass is 285 g/mol. The van der Waals surface area contributed by atoms with E-state index in [1.807, 2.05) is 30.3 Å². The summed E-state index contributed by atoms with van der Waals surface area (Å²) in [7, 11) is 0. The fourth-order valence-electron chi connectivity index (χ4n) is 2.00. The molecule has 21 heavy (non-hydrogen) atoms. The predicted molar refractivity (Wildman–Crippen MR) is 73.8 cm³/mol. The Morgan fingerprint density at radius 2 is 2.00 bits per heavy atom. The van der Waals surface area contributed by atoms with Gasteiger partial charge in [-0.3, -0.25) is 10.1 Å². The van der Waals surface area contributed by atoms with E-state index in [4.69, 9.17) is 4.42 Å². The summed E-state index contributed by atoms with van der Waals surface area (Å²) in [6.07, 6.45) is 1.67. The third-order valence-electron chi connectivity index (χ3n) is 2.99. The molecule has 0 fully saturated rings. The number of hydrogen-bond acceptors (Lipinski definition) is 5. The molecule has 0 saturated carbocycles. The van der Waals surface area contributed by atoms with Crippen molar-refractivity contribution in [2.75, 3.05) is 0 Å². The molecule has 2 heterocycles. The van der Waals surface area contributed by atoms with Crippen molar-refractivity contribution in [1.82, 2.24) is 9.78 Å². The third-order valence-corrected chi connectivity index (χ3v) is 2.99. The van der Waals surface area contributed by atoms with Crippen molar-refractivity contribution in [2.24, 2.45) is 0 Å². The second-order valence-corrected chi connectivity index (χ2v) is 4.34. The molecule has 2 aromatic heterocycles. The first-order chi connectivity index (χ1) is 10.2. The largest absolute Gasteiger partial charge is 0.433 e. The summed E-state index contributed by atoms with van der Waals surface area (Å²) in [4.78, 5) is 10.0. The van der Waals surface area contributed by atoms with E-state index >= 15 is 0 Å². The number of para-hydroxylation sites is 1. The van der Waals surface area contributed by atoms with Crippen molar-refractivity contribution in [3.63, 3.8) is 0 Å². The van der Waals surface area contributed by atoms with Gasteiger partial charge in [0.1, 0.15) is 10.6 Å². The Kier molecular flexibility index (Phi) is 3.25. The average Bonchev–Trinajstić information content (AvgIpc) is 3.14. The zero-order chi connectivity index (χ0) is 14.8. The van der Waals surface area contributed by atoms with E-state index in [1.54, 1.807) is 10.9 Å². The number of rotatable bonds is 4. The standard InChI is InChI=1S/C14H11N3O4/c18-9-10-8-16(11-4-2-1-3-5-11)15-14(10)12-6-7-13(21-12)17(19)20/h1-8,18H,9H2. The number of benzene rings is 1. The molecule has 1 N–H and O–H groups in total. The number of aromatic nitrogens is 2.